The highest BCUT2D eigenvalue weighted by Gasteiger charge is 2.12. The van der Waals surface area contributed by atoms with Crippen molar-refractivity contribution in [1.82, 2.24) is 0 Å². The largest absolute Gasteiger partial charge is 0.495 e. The number of ether oxygens (including phenoxy) is 1. The van der Waals surface area contributed by atoms with Gasteiger partial charge in [0.15, 0.2) is 0 Å². The molecule has 1 unspecified atom stereocenters. The van der Waals surface area contributed by atoms with Gasteiger partial charge in [0.05, 0.1) is 19.0 Å². The smallest absolute Gasteiger partial charge is 0.142 e. The minimum absolute atomic E-state index is 0.0284. The predicted molar refractivity (Wildman–Crippen MR) is 64.4 cm³/mol. The second-order valence-corrected chi connectivity index (χ2v) is 3.76. The molecule has 1 aromatic carbocycles. The van der Waals surface area contributed by atoms with Crippen LogP contribution in [0.2, 0.25) is 0 Å². The van der Waals surface area contributed by atoms with E-state index in [9.17, 15) is 0 Å². The molecular formula is C12H20N2O. The van der Waals surface area contributed by atoms with E-state index < -0.39 is 0 Å². The lowest BCUT2D eigenvalue weighted by molar-refractivity contribution is 0.413. The highest BCUT2D eigenvalue weighted by molar-refractivity contribution is 5.60. The number of hydrogen-bond acceptors (Lipinski definition) is 3. The van der Waals surface area contributed by atoms with Gasteiger partial charge in [-0.25, -0.2) is 0 Å². The van der Waals surface area contributed by atoms with Crippen LogP contribution in [0.5, 0.6) is 5.75 Å². The molecule has 0 radical (unpaired) electrons. The summed E-state index contributed by atoms with van der Waals surface area (Å²) < 4.78 is 5.32. The summed E-state index contributed by atoms with van der Waals surface area (Å²) in [5, 5.41) is 0. The van der Waals surface area contributed by atoms with Crippen LogP contribution >= 0.6 is 0 Å². The topological polar surface area (TPSA) is 38.5 Å². The van der Waals surface area contributed by atoms with Crippen molar-refractivity contribution in [2.45, 2.75) is 26.4 Å². The Labute approximate surface area is 91.8 Å². The number of nitrogens with two attached hydrogens (primary N) is 1. The van der Waals surface area contributed by atoms with Crippen molar-refractivity contribution < 1.29 is 4.74 Å². The van der Waals surface area contributed by atoms with E-state index in [1.54, 1.807) is 7.11 Å². The zero-order chi connectivity index (χ0) is 11.4. The molecule has 15 heavy (non-hydrogen) atoms. The molecule has 0 saturated heterocycles. The SMILES string of the molecule is CCC(N)N(C)c1cc(C)ccc1OC. The van der Waals surface area contributed by atoms with Crippen LogP contribution in [0.3, 0.4) is 0 Å². The van der Waals surface area contributed by atoms with E-state index in [0.717, 1.165) is 17.9 Å². The fourth-order valence-electron chi connectivity index (χ4n) is 1.53. The average Bonchev–Trinajstić information content (AvgIpc) is 2.27. The first-order chi connectivity index (χ1) is 7.10. The van der Waals surface area contributed by atoms with Crippen LogP contribution in [0, 0.1) is 6.92 Å². The molecule has 1 atom stereocenters. The number of methoxy groups -OCH3 is 1. The molecule has 3 heteroatoms. The van der Waals surface area contributed by atoms with Gasteiger partial charge < -0.3 is 15.4 Å². The maximum absolute atomic E-state index is 5.99. The summed E-state index contributed by atoms with van der Waals surface area (Å²) >= 11 is 0. The molecule has 84 valence electrons. The molecule has 0 saturated carbocycles. The van der Waals surface area contributed by atoms with Gasteiger partial charge in [-0.2, -0.15) is 0 Å². The second kappa shape index (κ2) is 5.03. The van der Waals surface area contributed by atoms with Gasteiger partial charge in [-0.1, -0.05) is 13.0 Å². The maximum Gasteiger partial charge on any atom is 0.142 e. The first-order valence-electron chi connectivity index (χ1n) is 5.23. The molecular weight excluding hydrogens is 188 g/mol. The van der Waals surface area contributed by atoms with Gasteiger partial charge in [0.2, 0.25) is 0 Å². The average molecular weight is 208 g/mol. The molecule has 2 N–H and O–H groups in total. The summed E-state index contributed by atoms with van der Waals surface area (Å²) in [4.78, 5) is 2.05. The number of nitrogens with zero attached hydrogens (tertiary/aromatic N) is 1. The number of hydrogen-bond donors (Lipinski definition) is 1. The number of anilines is 1. The first-order valence-corrected chi connectivity index (χ1v) is 5.23. The number of benzene rings is 1. The van der Waals surface area contributed by atoms with Gasteiger partial charge in [-0.15, -0.1) is 0 Å². The lowest BCUT2D eigenvalue weighted by Crippen LogP contribution is -2.38. The van der Waals surface area contributed by atoms with E-state index in [2.05, 4.69) is 19.9 Å². The van der Waals surface area contributed by atoms with Crippen molar-refractivity contribution in [2.24, 2.45) is 5.73 Å². The molecule has 0 amide bonds. The van der Waals surface area contributed by atoms with Crippen LogP contribution in [-0.2, 0) is 0 Å². The van der Waals surface area contributed by atoms with Crippen LogP contribution in [0.1, 0.15) is 18.9 Å². The fourth-order valence-corrected chi connectivity index (χ4v) is 1.53. The summed E-state index contributed by atoms with van der Waals surface area (Å²) in [6.45, 7) is 4.14. The van der Waals surface area contributed by atoms with Crippen LogP contribution in [0.25, 0.3) is 0 Å². The van der Waals surface area contributed by atoms with Gasteiger partial charge in [-0.05, 0) is 31.0 Å². The Kier molecular flexibility index (Phi) is 3.97. The fraction of sp³-hybridized carbons (Fsp3) is 0.500. The third kappa shape index (κ3) is 2.63. The Morgan fingerprint density at radius 3 is 2.67 bits per heavy atom. The van der Waals surface area contributed by atoms with E-state index >= 15 is 0 Å². The maximum atomic E-state index is 5.99. The Bertz CT molecular complexity index is 325. The van der Waals surface area contributed by atoms with Gasteiger partial charge in [0.25, 0.3) is 0 Å². The molecule has 0 bridgehead atoms. The summed E-state index contributed by atoms with van der Waals surface area (Å²) in [5.74, 6) is 0.868. The zero-order valence-corrected chi connectivity index (χ0v) is 9.95. The van der Waals surface area contributed by atoms with Crippen LogP contribution in [0.4, 0.5) is 5.69 Å². The van der Waals surface area contributed by atoms with Crippen molar-refractivity contribution in [3.63, 3.8) is 0 Å². The lowest BCUT2D eigenvalue weighted by atomic mass is 10.2. The molecule has 0 spiro atoms. The third-order valence-corrected chi connectivity index (χ3v) is 2.63. The van der Waals surface area contributed by atoms with Gasteiger partial charge in [-0.3, -0.25) is 0 Å². The van der Waals surface area contributed by atoms with Gasteiger partial charge >= 0.3 is 0 Å². The molecule has 0 aliphatic carbocycles. The van der Waals surface area contributed by atoms with E-state index in [1.807, 2.05) is 24.1 Å². The zero-order valence-electron chi connectivity index (χ0n) is 9.95. The highest BCUT2D eigenvalue weighted by atomic mass is 16.5. The third-order valence-electron chi connectivity index (χ3n) is 2.63. The van der Waals surface area contributed by atoms with Crippen molar-refractivity contribution in [2.75, 3.05) is 19.1 Å². The minimum atomic E-state index is 0.0284. The number of aryl methyl sites for hydroxylation is 1. The molecule has 0 heterocycles. The van der Waals surface area contributed by atoms with E-state index in [-0.39, 0.29) is 6.17 Å². The van der Waals surface area contributed by atoms with Gasteiger partial charge in [0.1, 0.15) is 5.75 Å². The van der Waals surface area contributed by atoms with Crippen molar-refractivity contribution in [1.29, 1.82) is 0 Å². The Hall–Kier alpha value is -1.22. The standard InChI is InChI=1S/C12H20N2O/c1-5-12(13)14(3)10-8-9(2)6-7-11(10)15-4/h6-8,12H,5,13H2,1-4H3. The molecule has 1 rings (SSSR count). The second-order valence-electron chi connectivity index (χ2n) is 3.76. The van der Waals surface area contributed by atoms with E-state index in [1.165, 1.54) is 5.56 Å². The number of rotatable bonds is 4. The lowest BCUT2D eigenvalue weighted by Gasteiger charge is -2.27. The monoisotopic (exact) mass is 208 g/mol. The van der Waals surface area contributed by atoms with Gasteiger partial charge in [0, 0.05) is 7.05 Å². The highest BCUT2D eigenvalue weighted by Crippen LogP contribution is 2.29. The Balaban J connectivity index is 3.05. The quantitative estimate of drug-likeness (QED) is 0.770. The predicted octanol–water partition coefficient (Wildman–Crippen LogP) is 2.13. The van der Waals surface area contributed by atoms with Crippen LogP contribution < -0.4 is 15.4 Å². The van der Waals surface area contributed by atoms with Crippen molar-refractivity contribution >= 4 is 5.69 Å². The van der Waals surface area contributed by atoms with E-state index in [0.29, 0.717) is 0 Å². The van der Waals surface area contributed by atoms with E-state index in [4.69, 9.17) is 10.5 Å². The Morgan fingerprint density at radius 2 is 2.13 bits per heavy atom. The summed E-state index contributed by atoms with van der Waals surface area (Å²) in [6.07, 6.45) is 0.939. The summed E-state index contributed by atoms with van der Waals surface area (Å²) in [6, 6.07) is 6.10. The molecule has 3 nitrogen and oxygen atoms in total. The normalized spacial score (nSPS) is 12.3. The summed E-state index contributed by atoms with van der Waals surface area (Å²) in [5.41, 5.74) is 8.25. The van der Waals surface area contributed by atoms with Crippen molar-refractivity contribution in [3.05, 3.63) is 23.8 Å². The Morgan fingerprint density at radius 1 is 1.47 bits per heavy atom. The minimum Gasteiger partial charge on any atom is -0.495 e. The molecule has 0 aromatic heterocycles. The first kappa shape index (κ1) is 11.9. The van der Waals surface area contributed by atoms with Crippen LogP contribution in [-0.4, -0.2) is 20.3 Å². The molecule has 0 aliphatic heterocycles. The summed E-state index contributed by atoms with van der Waals surface area (Å²) in [7, 11) is 3.67. The van der Waals surface area contributed by atoms with Crippen molar-refractivity contribution in [3.8, 4) is 5.75 Å². The molecule has 0 aliphatic rings. The molecule has 1 aromatic rings. The molecule has 0 fully saturated rings. The van der Waals surface area contributed by atoms with Crippen LogP contribution in [0.15, 0.2) is 18.2 Å².